The van der Waals surface area contributed by atoms with Crippen LogP contribution in [0.2, 0.25) is 0 Å². The number of carbonyl (C=O) groups excluding carboxylic acids is 1. The summed E-state index contributed by atoms with van der Waals surface area (Å²) in [5.41, 5.74) is 1.84. The van der Waals surface area contributed by atoms with Gasteiger partial charge in [0.25, 0.3) is 0 Å². The van der Waals surface area contributed by atoms with Gasteiger partial charge in [-0.15, -0.1) is 0 Å². The number of ketones is 1. The third-order valence-corrected chi connectivity index (χ3v) is 6.82. The van der Waals surface area contributed by atoms with Crippen LogP contribution in [0.15, 0.2) is 53.7 Å². The Morgan fingerprint density at radius 3 is 2.21 bits per heavy atom. The van der Waals surface area contributed by atoms with Gasteiger partial charge in [0, 0.05) is 24.0 Å². The van der Waals surface area contributed by atoms with Crippen LogP contribution in [0.4, 0.5) is 0 Å². The van der Waals surface area contributed by atoms with Gasteiger partial charge in [-0.05, 0) is 48.6 Å². The Bertz CT molecular complexity index is 887. The molecule has 3 rings (SSSR count). The van der Waals surface area contributed by atoms with Crippen molar-refractivity contribution in [2.75, 3.05) is 6.26 Å². The molecule has 1 fully saturated rings. The number of sulfone groups is 1. The molecule has 0 radical (unpaired) electrons. The first kappa shape index (κ1) is 23.7. The Kier molecular flexibility index (Phi) is 9.03. The SMILES string of the molecule is CS(=O)(=O)c1ccc(C(=O)C[n+]2ccc(CCCC3CCCCC3)cc2)cc1.[Br-]. The number of benzene rings is 1. The minimum Gasteiger partial charge on any atom is -1.00 e. The molecule has 1 aliphatic carbocycles. The largest absolute Gasteiger partial charge is 1.00 e. The topological polar surface area (TPSA) is 55.1 Å². The van der Waals surface area contributed by atoms with Gasteiger partial charge >= 0.3 is 0 Å². The number of nitrogens with zero attached hydrogens (tertiary/aromatic N) is 1. The van der Waals surface area contributed by atoms with Crippen molar-refractivity contribution in [1.82, 2.24) is 0 Å². The summed E-state index contributed by atoms with van der Waals surface area (Å²) in [5, 5.41) is 0. The van der Waals surface area contributed by atoms with E-state index >= 15 is 0 Å². The van der Waals surface area contributed by atoms with Gasteiger partial charge < -0.3 is 17.0 Å². The summed E-state index contributed by atoms with van der Waals surface area (Å²) in [6.45, 7) is 0.251. The van der Waals surface area contributed by atoms with Crippen LogP contribution >= 0.6 is 0 Å². The van der Waals surface area contributed by atoms with Crippen LogP contribution in [-0.2, 0) is 22.8 Å². The molecule has 1 aromatic carbocycles. The zero-order chi connectivity index (χ0) is 20.0. The molecule has 0 saturated heterocycles. The minimum atomic E-state index is -3.24. The lowest BCUT2D eigenvalue weighted by atomic mass is 9.85. The fraction of sp³-hybridized carbons (Fsp3) is 0.478. The van der Waals surface area contributed by atoms with Gasteiger partial charge in [0.15, 0.2) is 22.2 Å². The highest BCUT2D eigenvalue weighted by atomic mass is 79.9. The first-order valence-electron chi connectivity index (χ1n) is 10.2. The second-order valence-corrected chi connectivity index (χ2v) is 10.0. The molecule has 1 aromatic heterocycles. The summed E-state index contributed by atoms with van der Waals surface area (Å²) >= 11 is 0. The third-order valence-electron chi connectivity index (χ3n) is 5.69. The Balaban J connectivity index is 0.00000300. The van der Waals surface area contributed by atoms with Crippen molar-refractivity contribution in [3.8, 4) is 0 Å². The summed E-state index contributed by atoms with van der Waals surface area (Å²) in [5.74, 6) is 0.893. The van der Waals surface area contributed by atoms with Crippen molar-refractivity contribution in [3.05, 3.63) is 59.9 Å². The summed E-state index contributed by atoms with van der Waals surface area (Å²) in [6, 6.07) is 10.3. The highest BCUT2D eigenvalue weighted by Crippen LogP contribution is 2.27. The fourth-order valence-corrected chi connectivity index (χ4v) is 4.61. The van der Waals surface area contributed by atoms with E-state index < -0.39 is 9.84 Å². The highest BCUT2D eigenvalue weighted by molar-refractivity contribution is 7.90. The van der Waals surface area contributed by atoms with Crippen molar-refractivity contribution in [1.29, 1.82) is 0 Å². The molecule has 0 spiro atoms. The lowest BCUT2D eigenvalue weighted by Crippen LogP contribution is -3.00. The molecule has 1 heterocycles. The molecule has 0 N–H and O–H groups in total. The maximum absolute atomic E-state index is 12.4. The lowest BCUT2D eigenvalue weighted by Gasteiger charge is -2.21. The van der Waals surface area contributed by atoms with Gasteiger partial charge in [-0.1, -0.05) is 38.5 Å². The Labute approximate surface area is 185 Å². The van der Waals surface area contributed by atoms with E-state index in [1.165, 1.54) is 62.6 Å². The molecule has 0 unspecified atom stereocenters. The summed E-state index contributed by atoms with van der Waals surface area (Å²) in [4.78, 5) is 12.7. The predicted octanol–water partition coefficient (Wildman–Crippen LogP) is 1.17. The number of Topliss-reactive ketones (excluding diaryl/α,β-unsaturated/α-hetero) is 1. The minimum absolute atomic E-state index is 0. The molecule has 0 bridgehead atoms. The smallest absolute Gasteiger partial charge is 0.227 e. The first-order valence-corrected chi connectivity index (χ1v) is 12.1. The molecule has 2 aromatic rings. The van der Waals surface area contributed by atoms with Gasteiger partial charge in [0.2, 0.25) is 12.3 Å². The van der Waals surface area contributed by atoms with E-state index in [0.717, 1.165) is 18.6 Å². The van der Waals surface area contributed by atoms with E-state index in [1.54, 1.807) is 12.1 Å². The van der Waals surface area contributed by atoms with Crippen molar-refractivity contribution < 1.29 is 34.8 Å². The van der Waals surface area contributed by atoms with Gasteiger partial charge in [-0.25, -0.2) is 8.42 Å². The Morgan fingerprint density at radius 1 is 1.00 bits per heavy atom. The quantitative estimate of drug-likeness (QED) is 0.421. The Morgan fingerprint density at radius 2 is 1.62 bits per heavy atom. The van der Waals surface area contributed by atoms with E-state index in [9.17, 15) is 13.2 Å². The fourth-order valence-electron chi connectivity index (χ4n) is 3.98. The number of aryl methyl sites for hydroxylation is 1. The molecule has 1 aliphatic rings. The highest BCUT2D eigenvalue weighted by Gasteiger charge is 2.15. The molecule has 1 saturated carbocycles. The van der Waals surface area contributed by atoms with E-state index in [2.05, 4.69) is 12.1 Å². The van der Waals surface area contributed by atoms with Crippen LogP contribution in [0.25, 0.3) is 0 Å². The number of hydrogen-bond acceptors (Lipinski definition) is 3. The second-order valence-electron chi connectivity index (χ2n) is 7.99. The number of halogens is 1. The van der Waals surface area contributed by atoms with Crippen molar-refractivity contribution >= 4 is 15.6 Å². The number of carbonyl (C=O) groups is 1. The predicted molar refractivity (Wildman–Crippen MR) is 110 cm³/mol. The number of aromatic nitrogens is 1. The molecule has 29 heavy (non-hydrogen) atoms. The van der Waals surface area contributed by atoms with Crippen molar-refractivity contribution in [2.24, 2.45) is 5.92 Å². The van der Waals surface area contributed by atoms with Gasteiger partial charge in [0.05, 0.1) is 4.90 Å². The van der Waals surface area contributed by atoms with Crippen LogP contribution in [0.5, 0.6) is 0 Å². The molecule has 0 atom stereocenters. The van der Waals surface area contributed by atoms with E-state index in [4.69, 9.17) is 0 Å². The van der Waals surface area contributed by atoms with Gasteiger partial charge in [-0.3, -0.25) is 4.79 Å². The third kappa shape index (κ3) is 7.34. The standard InChI is InChI=1S/C23H30NO3S.BrH/c1-28(26,27)22-12-10-21(11-13-22)23(25)18-24-16-14-20(15-17-24)9-5-8-19-6-3-2-4-7-19;/h10-17,19H,2-9,18H2,1H3;1H/q+1;/p-1. The normalized spacial score (nSPS) is 14.9. The Hall–Kier alpha value is -1.53. The molecule has 6 heteroatoms. The first-order chi connectivity index (χ1) is 13.4. The number of rotatable bonds is 8. The summed E-state index contributed by atoms with van der Waals surface area (Å²) in [7, 11) is -3.24. The molecular weight excluding hydrogens is 450 g/mol. The van der Waals surface area contributed by atoms with Crippen molar-refractivity contribution in [3.63, 3.8) is 0 Å². The molecular formula is C23H30BrNO3S. The van der Waals surface area contributed by atoms with Gasteiger partial charge in [0.1, 0.15) is 0 Å². The average Bonchev–Trinajstić information content (AvgIpc) is 2.69. The number of hydrogen-bond donors (Lipinski definition) is 0. The zero-order valence-corrected chi connectivity index (χ0v) is 19.4. The van der Waals surface area contributed by atoms with Crippen LogP contribution in [0, 0.1) is 5.92 Å². The van der Waals surface area contributed by atoms with Crippen LogP contribution < -0.4 is 21.5 Å². The van der Waals surface area contributed by atoms with Crippen LogP contribution in [0.1, 0.15) is 60.9 Å². The molecule has 4 nitrogen and oxygen atoms in total. The number of pyridine rings is 1. The van der Waals surface area contributed by atoms with E-state index in [0.29, 0.717) is 5.56 Å². The van der Waals surface area contributed by atoms with Crippen molar-refractivity contribution in [2.45, 2.75) is 62.8 Å². The monoisotopic (exact) mass is 479 g/mol. The van der Waals surface area contributed by atoms with E-state index in [-0.39, 0.29) is 34.2 Å². The summed E-state index contributed by atoms with van der Waals surface area (Å²) in [6.07, 6.45) is 15.8. The zero-order valence-electron chi connectivity index (χ0n) is 17.0. The van der Waals surface area contributed by atoms with Crippen LogP contribution in [0.3, 0.4) is 0 Å². The summed E-state index contributed by atoms with van der Waals surface area (Å²) < 4.78 is 24.9. The van der Waals surface area contributed by atoms with Crippen LogP contribution in [-0.4, -0.2) is 20.5 Å². The molecule has 0 amide bonds. The van der Waals surface area contributed by atoms with Gasteiger partial charge in [-0.2, -0.15) is 4.57 Å². The molecule has 158 valence electrons. The second kappa shape index (κ2) is 11.0. The lowest BCUT2D eigenvalue weighted by molar-refractivity contribution is -0.683. The molecule has 0 aliphatic heterocycles. The average molecular weight is 480 g/mol. The maximum Gasteiger partial charge on any atom is 0.227 e. The van der Waals surface area contributed by atoms with E-state index in [1.807, 2.05) is 17.0 Å². The maximum atomic E-state index is 12.4.